The lowest BCUT2D eigenvalue weighted by atomic mass is 10.0. The van der Waals surface area contributed by atoms with Crippen LogP contribution in [-0.2, 0) is 9.53 Å². The van der Waals surface area contributed by atoms with Gasteiger partial charge in [-0.25, -0.2) is 14.8 Å². The number of aromatic nitrogens is 2. The maximum absolute atomic E-state index is 12.2. The predicted octanol–water partition coefficient (Wildman–Crippen LogP) is 3.94. The van der Waals surface area contributed by atoms with Crippen LogP contribution in [0.25, 0.3) is 22.3 Å². The van der Waals surface area contributed by atoms with Crippen molar-refractivity contribution in [1.82, 2.24) is 14.9 Å². The van der Waals surface area contributed by atoms with Crippen molar-refractivity contribution in [2.45, 2.75) is 26.3 Å². The minimum absolute atomic E-state index is 0.204. The maximum atomic E-state index is 12.2. The smallest absolute Gasteiger partial charge is 0.337 e. The Morgan fingerprint density at radius 2 is 1.86 bits per heavy atom. The molecule has 1 aliphatic rings. The van der Waals surface area contributed by atoms with Gasteiger partial charge < -0.3 is 19.3 Å². The molecule has 0 saturated carbocycles. The highest BCUT2D eigenvalue weighted by Crippen LogP contribution is 2.33. The van der Waals surface area contributed by atoms with Gasteiger partial charge in [0.15, 0.2) is 5.82 Å². The largest absolute Gasteiger partial charge is 0.465 e. The highest BCUT2D eigenvalue weighted by atomic mass is 16.5. The first-order valence-electron chi connectivity index (χ1n) is 11.5. The zero-order valence-electron chi connectivity index (χ0n) is 20.9. The number of nitrogens with zero attached hydrogens (tertiary/aromatic N) is 5. The molecule has 0 aliphatic carbocycles. The molecular weight excluding hydrogens is 442 g/mol. The number of methoxy groups -OCH3 is 1. The number of hydrogen-bond donors (Lipinski definition) is 0. The number of ether oxygens (including phenoxy) is 1. The van der Waals surface area contributed by atoms with Crippen LogP contribution in [0.2, 0.25) is 0 Å². The van der Waals surface area contributed by atoms with Crippen molar-refractivity contribution in [3.8, 4) is 17.3 Å². The van der Waals surface area contributed by atoms with Crippen LogP contribution in [0.15, 0.2) is 42.5 Å². The zero-order valence-corrected chi connectivity index (χ0v) is 20.9. The Labute approximate surface area is 206 Å². The van der Waals surface area contributed by atoms with E-state index >= 15 is 0 Å². The molecule has 8 nitrogen and oxygen atoms in total. The summed E-state index contributed by atoms with van der Waals surface area (Å²) in [4.78, 5) is 35.9. The molecule has 182 valence electrons. The quantitative estimate of drug-likeness (QED) is 0.406. The number of esters is 1. The molecular formula is C27H31N5O3. The number of aldehydes is 1. The van der Waals surface area contributed by atoms with Crippen molar-refractivity contribution in [2.24, 2.45) is 5.92 Å². The molecule has 1 aromatic heterocycles. The van der Waals surface area contributed by atoms with Gasteiger partial charge >= 0.3 is 5.97 Å². The van der Waals surface area contributed by atoms with Crippen LogP contribution in [0.1, 0.15) is 36.2 Å². The van der Waals surface area contributed by atoms with Crippen LogP contribution in [0.5, 0.6) is 0 Å². The average molecular weight is 474 g/mol. The highest BCUT2D eigenvalue weighted by molar-refractivity contribution is 5.93. The molecule has 3 aromatic rings. The summed E-state index contributed by atoms with van der Waals surface area (Å²) >= 11 is 0. The van der Waals surface area contributed by atoms with E-state index in [1.165, 1.54) is 13.2 Å². The predicted molar refractivity (Wildman–Crippen MR) is 136 cm³/mol. The summed E-state index contributed by atoms with van der Waals surface area (Å²) in [5.41, 5.74) is 3.61. The Morgan fingerprint density at radius 3 is 2.40 bits per heavy atom. The molecule has 2 heterocycles. The van der Waals surface area contributed by atoms with Gasteiger partial charge in [0.05, 0.1) is 35.3 Å². The number of benzene rings is 2. The van der Waals surface area contributed by atoms with Crippen molar-refractivity contribution in [2.75, 3.05) is 39.2 Å². The molecule has 2 aromatic carbocycles. The third-order valence-electron chi connectivity index (χ3n) is 5.77. The number of hydrogen-bond acceptors (Lipinski definition) is 8. The standard InChI is InChI=1S/C23H23N5O2.C4H8O/c1-27(2)18-8-9-28(14-18)22-21(25-19-6-4-5-7-20(19)26-22)16-10-15(13-24)11-17(12-16)23(29)30-3;1-4(2)3-5/h4-7,10-12,18H,8-9,14H2,1-3H3;3-4H,1-2H3. The van der Waals surface area contributed by atoms with E-state index in [-0.39, 0.29) is 5.92 Å². The average Bonchev–Trinajstić information content (AvgIpc) is 3.38. The van der Waals surface area contributed by atoms with Gasteiger partial charge in [-0.2, -0.15) is 5.26 Å². The van der Waals surface area contributed by atoms with E-state index < -0.39 is 5.97 Å². The molecule has 1 unspecified atom stereocenters. The Hall–Kier alpha value is -3.83. The topological polar surface area (TPSA) is 99.4 Å². The number of rotatable bonds is 5. The Bertz CT molecular complexity index is 1250. The monoisotopic (exact) mass is 473 g/mol. The van der Waals surface area contributed by atoms with Crippen molar-refractivity contribution in [3.63, 3.8) is 0 Å². The number of anilines is 1. The fraction of sp³-hybridized carbons (Fsp3) is 0.370. The summed E-state index contributed by atoms with van der Waals surface area (Å²) in [6.45, 7) is 5.42. The van der Waals surface area contributed by atoms with Crippen LogP contribution >= 0.6 is 0 Å². The van der Waals surface area contributed by atoms with E-state index in [1.54, 1.807) is 12.1 Å². The third-order valence-corrected chi connectivity index (χ3v) is 5.77. The molecule has 35 heavy (non-hydrogen) atoms. The number of para-hydroxylation sites is 2. The number of likely N-dealkylation sites (N-methyl/N-ethyl adjacent to an activating group) is 1. The van der Waals surface area contributed by atoms with Gasteiger partial charge in [-0.15, -0.1) is 0 Å². The molecule has 0 amide bonds. The van der Waals surface area contributed by atoms with Gasteiger partial charge in [0.2, 0.25) is 0 Å². The van der Waals surface area contributed by atoms with Crippen LogP contribution in [0.4, 0.5) is 5.82 Å². The SMILES string of the molecule is CC(C)C=O.COC(=O)c1cc(C#N)cc(-c2nc3ccccc3nc2N2CCC(N(C)C)C2)c1. The van der Waals surface area contributed by atoms with Crippen LogP contribution in [-0.4, -0.2) is 67.5 Å². The molecule has 1 atom stereocenters. The molecule has 8 heteroatoms. The number of nitriles is 1. The number of fused-ring (bicyclic) bond motifs is 1. The number of carbonyl (C=O) groups is 2. The Morgan fingerprint density at radius 1 is 1.20 bits per heavy atom. The summed E-state index contributed by atoms with van der Waals surface area (Å²) in [5.74, 6) is 0.483. The molecule has 0 spiro atoms. The summed E-state index contributed by atoms with van der Waals surface area (Å²) in [5, 5.41) is 9.48. The summed E-state index contributed by atoms with van der Waals surface area (Å²) < 4.78 is 4.87. The van der Waals surface area contributed by atoms with Crippen molar-refractivity contribution in [3.05, 3.63) is 53.6 Å². The van der Waals surface area contributed by atoms with Gasteiger partial charge in [-0.1, -0.05) is 26.0 Å². The van der Waals surface area contributed by atoms with E-state index in [0.29, 0.717) is 28.4 Å². The van der Waals surface area contributed by atoms with Gasteiger partial charge in [0.25, 0.3) is 0 Å². The highest BCUT2D eigenvalue weighted by Gasteiger charge is 2.28. The van der Waals surface area contributed by atoms with Gasteiger partial charge in [-0.05, 0) is 50.8 Å². The van der Waals surface area contributed by atoms with E-state index in [1.807, 2.05) is 38.1 Å². The fourth-order valence-electron chi connectivity index (χ4n) is 3.83. The van der Waals surface area contributed by atoms with E-state index in [9.17, 15) is 14.9 Å². The molecule has 0 bridgehead atoms. The first kappa shape index (κ1) is 25.8. The lowest BCUT2D eigenvalue weighted by Crippen LogP contribution is -2.32. The van der Waals surface area contributed by atoms with Gasteiger partial charge in [-0.3, -0.25) is 0 Å². The van der Waals surface area contributed by atoms with Gasteiger partial charge in [0.1, 0.15) is 12.0 Å². The maximum Gasteiger partial charge on any atom is 0.337 e. The first-order valence-corrected chi connectivity index (χ1v) is 11.5. The van der Waals surface area contributed by atoms with Crippen LogP contribution in [0, 0.1) is 17.2 Å². The minimum atomic E-state index is -0.488. The molecule has 1 aliphatic heterocycles. The van der Waals surface area contributed by atoms with Crippen molar-refractivity contribution < 1.29 is 14.3 Å². The lowest BCUT2D eigenvalue weighted by Gasteiger charge is -2.23. The molecule has 0 N–H and O–H groups in total. The molecule has 1 saturated heterocycles. The second-order valence-corrected chi connectivity index (χ2v) is 9.02. The Balaban J connectivity index is 0.000000623. The second kappa shape index (κ2) is 11.5. The first-order chi connectivity index (χ1) is 16.8. The molecule has 4 rings (SSSR count). The van der Waals surface area contributed by atoms with Crippen molar-refractivity contribution >= 4 is 29.1 Å². The van der Waals surface area contributed by atoms with Crippen molar-refractivity contribution in [1.29, 1.82) is 5.26 Å². The molecule has 0 radical (unpaired) electrons. The summed E-state index contributed by atoms with van der Waals surface area (Å²) in [6.07, 6.45) is 1.95. The zero-order chi connectivity index (χ0) is 25.5. The third kappa shape index (κ3) is 6.19. The lowest BCUT2D eigenvalue weighted by molar-refractivity contribution is -0.110. The Kier molecular flexibility index (Phi) is 8.50. The minimum Gasteiger partial charge on any atom is -0.465 e. The summed E-state index contributed by atoms with van der Waals surface area (Å²) in [6, 6.07) is 15.3. The van der Waals surface area contributed by atoms with E-state index in [2.05, 4.69) is 30.0 Å². The normalized spacial score (nSPS) is 15.0. The van der Waals surface area contributed by atoms with E-state index in [4.69, 9.17) is 14.7 Å². The fourth-order valence-corrected chi connectivity index (χ4v) is 3.83. The van der Waals surface area contributed by atoms with E-state index in [0.717, 1.165) is 42.6 Å². The second-order valence-electron chi connectivity index (χ2n) is 9.02. The summed E-state index contributed by atoms with van der Waals surface area (Å²) in [7, 11) is 5.49. The molecule has 1 fully saturated rings. The van der Waals surface area contributed by atoms with Crippen LogP contribution < -0.4 is 4.90 Å². The van der Waals surface area contributed by atoms with Crippen LogP contribution in [0.3, 0.4) is 0 Å². The van der Waals surface area contributed by atoms with Gasteiger partial charge in [0, 0.05) is 30.6 Å². The number of carbonyl (C=O) groups excluding carboxylic acids is 2.